The van der Waals surface area contributed by atoms with Crippen LogP contribution in [0.1, 0.15) is 19.4 Å². The van der Waals surface area contributed by atoms with Crippen LogP contribution >= 0.6 is 11.6 Å². The number of nitrogens with zero attached hydrogens (tertiary/aromatic N) is 1. The van der Waals surface area contributed by atoms with Gasteiger partial charge in [0.05, 0.1) is 12.8 Å². The Hall–Kier alpha value is -2.73. The zero-order valence-electron chi connectivity index (χ0n) is 13.9. The third-order valence-corrected chi connectivity index (χ3v) is 3.39. The number of carbonyl (C=O) groups is 1. The highest BCUT2D eigenvalue weighted by atomic mass is 35.5. The van der Waals surface area contributed by atoms with Gasteiger partial charge >= 0.3 is 0 Å². The number of benzene rings is 2. The average molecular weight is 363 g/mol. The number of hydrogen-bond acceptors (Lipinski definition) is 5. The number of aromatic hydroxyl groups is 1. The normalized spacial score (nSPS) is 12.0. The number of nitrogens with one attached hydrogen (secondary N) is 1. The number of amides is 1. The van der Waals surface area contributed by atoms with E-state index in [4.69, 9.17) is 21.1 Å². The van der Waals surface area contributed by atoms with E-state index in [2.05, 4.69) is 10.5 Å². The fourth-order valence-corrected chi connectivity index (χ4v) is 2.12. The highest BCUT2D eigenvalue weighted by Crippen LogP contribution is 2.26. The second-order valence-corrected chi connectivity index (χ2v) is 5.55. The summed E-state index contributed by atoms with van der Waals surface area (Å²) in [5.41, 5.74) is 3.07. The number of halogens is 1. The summed E-state index contributed by atoms with van der Waals surface area (Å²) in [5, 5.41) is 14.1. The molecule has 0 aliphatic carbocycles. The van der Waals surface area contributed by atoms with Crippen LogP contribution in [0.5, 0.6) is 17.2 Å². The summed E-state index contributed by atoms with van der Waals surface area (Å²) in [5.74, 6) is 0.501. The first-order chi connectivity index (χ1) is 12.0. The second kappa shape index (κ2) is 8.94. The Morgan fingerprint density at radius 1 is 1.36 bits per heavy atom. The molecule has 0 bridgehead atoms. The summed E-state index contributed by atoms with van der Waals surface area (Å²) in [6.45, 7) is 3.87. The Balaban J connectivity index is 1.92. The van der Waals surface area contributed by atoms with Crippen molar-refractivity contribution in [3.63, 3.8) is 0 Å². The maximum atomic E-state index is 12.0. The van der Waals surface area contributed by atoms with Crippen LogP contribution in [-0.2, 0) is 4.79 Å². The second-order valence-electron chi connectivity index (χ2n) is 5.11. The molecule has 0 saturated carbocycles. The van der Waals surface area contributed by atoms with Crippen LogP contribution in [0.15, 0.2) is 47.6 Å². The van der Waals surface area contributed by atoms with Gasteiger partial charge in [0.25, 0.3) is 5.91 Å². The van der Waals surface area contributed by atoms with Crippen molar-refractivity contribution in [2.75, 3.05) is 6.61 Å². The largest absolute Gasteiger partial charge is 0.504 e. The van der Waals surface area contributed by atoms with Crippen LogP contribution < -0.4 is 14.9 Å². The van der Waals surface area contributed by atoms with Gasteiger partial charge in [-0.3, -0.25) is 4.79 Å². The molecule has 0 aliphatic heterocycles. The molecule has 7 heteroatoms. The highest BCUT2D eigenvalue weighted by molar-refractivity contribution is 6.30. The van der Waals surface area contributed by atoms with E-state index in [9.17, 15) is 9.90 Å². The fourth-order valence-electron chi connectivity index (χ4n) is 1.94. The molecule has 0 saturated heterocycles. The van der Waals surface area contributed by atoms with E-state index in [0.717, 1.165) is 0 Å². The van der Waals surface area contributed by atoms with Gasteiger partial charge in [-0.05, 0) is 55.8 Å². The highest BCUT2D eigenvalue weighted by Gasteiger charge is 2.14. The summed E-state index contributed by atoms with van der Waals surface area (Å²) >= 11 is 5.87. The third-order valence-electron chi connectivity index (χ3n) is 3.15. The zero-order chi connectivity index (χ0) is 18.2. The molecule has 2 aromatic carbocycles. The lowest BCUT2D eigenvalue weighted by atomic mass is 10.2. The quantitative estimate of drug-likeness (QED) is 0.584. The van der Waals surface area contributed by atoms with Crippen molar-refractivity contribution in [3.8, 4) is 17.2 Å². The molecule has 25 heavy (non-hydrogen) atoms. The number of hydrogen-bond donors (Lipinski definition) is 2. The molecule has 2 rings (SSSR count). The van der Waals surface area contributed by atoms with Gasteiger partial charge in [0, 0.05) is 5.02 Å². The molecule has 0 aromatic heterocycles. The van der Waals surface area contributed by atoms with Gasteiger partial charge in [0.2, 0.25) is 0 Å². The molecule has 6 nitrogen and oxygen atoms in total. The van der Waals surface area contributed by atoms with Crippen molar-refractivity contribution in [3.05, 3.63) is 53.1 Å². The summed E-state index contributed by atoms with van der Waals surface area (Å²) < 4.78 is 10.8. The van der Waals surface area contributed by atoms with Gasteiger partial charge in [-0.15, -0.1) is 0 Å². The number of phenols is 1. The minimum Gasteiger partial charge on any atom is -0.504 e. The van der Waals surface area contributed by atoms with E-state index in [0.29, 0.717) is 28.7 Å². The molecule has 2 aromatic rings. The maximum Gasteiger partial charge on any atom is 0.280 e. The van der Waals surface area contributed by atoms with Gasteiger partial charge in [-0.1, -0.05) is 17.7 Å². The smallest absolute Gasteiger partial charge is 0.280 e. The Morgan fingerprint density at radius 3 is 2.88 bits per heavy atom. The van der Waals surface area contributed by atoms with Crippen LogP contribution in [0, 0.1) is 0 Å². The maximum absolute atomic E-state index is 12.0. The average Bonchev–Trinajstić information content (AvgIpc) is 2.58. The van der Waals surface area contributed by atoms with Gasteiger partial charge in [0.1, 0.15) is 5.75 Å². The van der Waals surface area contributed by atoms with Gasteiger partial charge in [-0.2, -0.15) is 5.10 Å². The minimum absolute atomic E-state index is 0.0478. The van der Waals surface area contributed by atoms with Gasteiger partial charge < -0.3 is 14.6 Å². The summed E-state index contributed by atoms with van der Waals surface area (Å²) in [4.78, 5) is 12.0. The molecule has 2 N–H and O–H groups in total. The van der Waals surface area contributed by atoms with E-state index in [1.165, 1.54) is 12.3 Å². The lowest BCUT2D eigenvalue weighted by Crippen LogP contribution is -2.33. The fraction of sp³-hybridized carbons (Fsp3) is 0.222. The van der Waals surface area contributed by atoms with E-state index < -0.39 is 12.0 Å². The monoisotopic (exact) mass is 362 g/mol. The first-order valence-electron chi connectivity index (χ1n) is 7.70. The van der Waals surface area contributed by atoms with Crippen molar-refractivity contribution < 1.29 is 19.4 Å². The first kappa shape index (κ1) is 18.6. The Morgan fingerprint density at radius 2 is 2.16 bits per heavy atom. The Labute approximate surface area is 151 Å². The molecule has 132 valence electrons. The Kier molecular flexibility index (Phi) is 6.65. The summed E-state index contributed by atoms with van der Waals surface area (Å²) in [7, 11) is 0. The molecule has 0 aliphatic rings. The van der Waals surface area contributed by atoms with E-state index in [1.54, 1.807) is 43.3 Å². The molecular formula is C18H19ClN2O4. The van der Waals surface area contributed by atoms with Gasteiger partial charge in [-0.25, -0.2) is 5.43 Å². The van der Waals surface area contributed by atoms with E-state index >= 15 is 0 Å². The van der Waals surface area contributed by atoms with Crippen molar-refractivity contribution in [2.24, 2.45) is 5.10 Å². The number of hydrazone groups is 1. The van der Waals surface area contributed by atoms with Crippen LogP contribution in [0.3, 0.4) is 0 Å². The zero-order valence-corrected chi connectivity index (χ0v) is 14.7. The number of ether oxygens (including phenoxy) is 2. The predicted molar refractivity (Wildman–Crippen MR) is 96.6 cm³/mol. The lowest BCUT2D eigenvalue weighted by molar-refractivity contribution is -0.127. The molecule has 0 fully saturated rings. The van der Waals surface area contributed by atoms with Crippen molar-refractivity contribution in [2.45, 2.75) is 20.0 Å². The first-order valence-corrected chi connectivity index (χ1v) is 8.08. The molecular weight excluding hydrogens is 344 g/mol. The third kappa shape index (κ3) is 5.69. The topological polar surface area (TPSA) is 80.2 Å². The number of phenolic OH excluding ortho intramolecular Hbond substituents is 1. The Bertz CT molecular complexity index is 764. The van der Waals surface area contributed by atoms with Crippen molar-refractivity contribution >= 4 is 23.7 Å². The van der Waals surface area contributed by atoms with Crippen molar-refractivity contribution in [1.29, 1.82) is 0 Å². The number of carbonyl (C=O) groups excluding carboxylic acids is 1. The van der Waals surface area contributed by atoms with Crippen molar-refractivity contribution in [1.82, 2.24) is 5.43 Å². The minimum atomic E-state index is -0.741. The van der Waals surface area contributed by atoms with Gasteiger partial charge in [0.15, 0.2) is 17.6 Å². The summed E-state index contributed by atoms with van der Waals surface area (Å²) in [6.07, 6.45) is 0.709. The molecule has 1 atom stereocenters. The standard InChI is InChI=1S/C18H19ClN2O4/c1-3-24-17-9-13(7-8-16(17)22)11-20-21-18(23)12(2)25-15-6-4-5-14(19)10-15/h4-12,22H,3H2,1-2H3,(H,21,23)/b20-11+. The molecule has 1 unspecified atom stereocenters. The lowest BCUT2D eigenvalue weighted by Gasteiger charge is -2.13. The van der Waals surface area contributed by atoms with Crippen LogP contribution in [0.2, 0.25) is 5.02 Å². The van der Waals surface area contributed by atoms with Crippen LogP contribution in [0.25, 0.3) is 0 Å². The SMILES string of the molecule is CCOc1cc(/C=N/NC(=O)C(C)Oc2cccc(Cl)c2)ccc1O. The molecule has 0 heterocycles. The molecule has 1 amide bonds. The predicted octanol–water partition coefficient (Wildman–Crippen LogP) is 3.36. The van der Waals surface area contributed by atoms with Crippen LogP contribution in [-0.4, -0.2) is 29.9 Å². The summed E-state index contributed by atoms with van der Waals surface area (Å²) in [6, 6.07) is 11.6. The molecule has 0 spiro atoms. The van der Waals surface area contributed by atoms with Crippen LogP contribution in [0.4, 0.5) is 0 Å². The van der Waals surface area contributed by atoms with E-state index in [1.807, 2.05) is 6.92 Å². The molecule has 0 radical (unpaired) electrons. The number of rotatable bonds is 7. The van der Waals surface area contributed by atoms with E-state index in [-0.39, 0.29) is 5.75 Å².